The molecule has 0 saturated heterocycles. The minimum absolute atomic E-state index is 0.320. The van der Waals surface area contributed by atoms with Gasteiger partial charge in [-0.1, -0.05) is 30.7 Å². The molecule has 0 atom stereocenters. The SMILES string of the molecule is CCCOc1ccc(/C=N\NC(=O)c2cc(-c3ccc(Cl)cc3)n[nH]2)cc1. The maximum atomic E-state index is 12.2. The van der Waals surface area contributed by atoms with Gasteiger partial charge in [-0.05, 0) is 54.4 Å². The maximum absolute atomic E-state index is 12.2. The first-order chi connectivity index (χ1) is 13.2. The van der Waals surface area contributed by atoms with Crippen molar-refractivity contribution >= 4 is 23.7 Å². The quantitative estimate of drug-likeness (QED) is 0.472. The van der Waals surface area contributed by atoms with Gasteiger partial charge in [-0.3, -0.25) is 9.89 Å². The molecule has 1 amide bonds. The lowest BCUT2D eigenvalue weighted by atomic mass is 10.1. The number of benzene rings is 2. The van der Waals surface area contributed by atoms with Gasteiger partial charge in [-0.2, -0.15) is 10.2 Å². The van der Waals surface area contributed by atoms with Gasteiger partial charge in [0.25, 0.3) is 5.91 Å². The molecule has 0 unspecified atom stereocenters. The fourth-order valence-corrected chi connectivity index (χ4v) is 2.43. The highest BCUT2D eigenvalue weighted by atomic mass is 35.5. The fraction of sp³-hybridized carbons (Fsp3) is 0.150. The number of ether oxygens (including phenoxy) is 1. The highest BCUT2D eigenvalue weighted by Gasteiger charge is 2.10. The standard InChI is InChI=1S/C20H19ClN4O2/c1-2-11-27-17-9-3-14(4-10-17)13-22-25-20(26)19-12-18(23-24-19)15-5-7-16(21)8-6-15/h3-10,12-13H,2,11H2,1H3,(H,23,24)(H,25,26)/b22-13-. The number of nitrogens with zero attached hydrogens (tertiary/aromatic N) is 2. The molecular formula is C20H19ClN4O2. The predicted octanol–water partition coefficient (Wildman–Crippen LogP) is 4.28. The first-order valence-corrected chi connectivity index (χ1v) is 8.91. The van der Waals surface area contributed by atoms with Crippen LogP contribution < -0.4 is 10.2 Å². The Morgan fingerprint density at radius 3 is 2.67 bits per heavy atom. The number of hydrazone groups is 1. The second-order valence-electron chi connectivity index (χ2n) is 5.79. The van der Waals surface area contributed by atoms with Crippen molar-refractivity contribution in [1.29, 1.82) is 0 Å². The van der Waals surface area contributed by atoms with Crippen molar-refractivity contribution < 1.29 is 9.53 Å². The number of hydrogen-bond donors (Lipinski definition) is 2. The third-order valence-electron chi connectivity index (χ3n) is 3.70. The first kappa shape index (κ1) is 18.7. The van der Waals surface area contributed by atoms with Gasteiger partial charge in [0, 0.05) is 10.6 Å². The molecule has 0 aliphatic heterocycles. The average Bonchev–Trinajstić information content (AvgIpc) is 3.18. The molecule has 0 bridgehead atoms. The Balaban J connectivity index is 1.57. The van der Waals surface area contributed by atoms with Crippen LogP contribution in [0.5, 0.6) is 5.75 Å². The van der Waals surface area contributed by atoms with Crippen molar-refractivity contribution in [3.05, 3.63) is 70.9 Å². The predicted molar refractivity (Wildman–Crippen MR) is 106 cm³/mol. The summed E-state index contributed by atoms with van der Waals surface area (Å²) in [5, 5.41) is 11.5. The molecule has 0 aliphatic carbocycles. The molecule has 2 aromatic carbocycles. The van der Waals surface area contributed by atoms with E-state index in [9.17, 15) is 4.79 Å². The highest BCUT2D eigenvalue weighted by Crippen LogP contribution is 2.20. The zero-order valence-electron chi connectivity index (χ0n) is 14.8. The van der Waals surface area contributed by atoms with Gasteiger partial charge in [-0.25, -0.2) is 5.43 Å². The summed E-state index contributed by atoms with van der Waals surface area (Å²) < 4.78 is 5.52. The van der Waals surface area contributed by atoms with E-state index in [1.807, 2.05) is 36.4 Å². The average molecular weight is 383 g/mol. The van der Waals surface area contributed by atoms with E-state index in [1.165, 1.54) is 0 Å². The molecule has 0 aliphatic rings. The van der Waals surface area contributed by atoms with Crippen molar-refractivity contribution in [2.75, 3.05) is 6.61 Å². The number of H-pyrrole nitrogens is 1. The van der Waals surface area contributed by atoms with Crippen LogP contribution in [0, 0.1) is 0 Å². The molecule has 3 rings (SSSR count). The zero-order chi connectivity index (χ0) is 19.1. The molecule has 2 N–H and O–H groups in total. The zero-order valence-corrected chi connectivity index (χ0v) is 15.5. The number of aromatic nitrogens is 2. The molecule has 138 valence electrons. The van der Waals surface area contributed by atoms with E-state index >= 15 is 0 Å². The molecule has 3 aromatic rings. The third kappa shape index (κ3) is 5.18. The third-order valence-corrected chi connectivity index (χ3v) is 3.95. The minimum atomic E-state index is -0.373. The van der Waals surface area contributed by atoms with Gasteiger partial charge in [0.1, 0.15) is 11.4 Å². The summed E-state index contributed by atoms with van der Waals surface area (Å²) in [5.74, 6) is 0.437. The summed E-state index contributed by atoms with van der Waals surface area (Å²) >= 11 is 5.88. The lowest BCUT2D eigenvalue weighted by Gasteiger charge is -2.03. The van der Waals surface area contributed by atoms with Gasteiger partial charge < -0.3 is 4.74 Å². The lowest BCUT2D eigenvalue weighted by Crippen LogP contribution is -2.17. The van der Waals surface area contributed by atoms with Gasteiger partial charge in [0.2, 0.25) is 0 Å². The normalized spacial score (nSPS) is 10.9. The summed E-state index contributed by atoms with van der Waals surface area (Å²) in [5.41, 5.74) is 5.17. The fourth-order valence-electron chi connectivity index (χ4n) is 2.30. The Bertz CT molecular complexity index is 918. The number of rotatable bonds is 7. The Morgan fingerprint density at radius 1 is 1.22 bits per heavy atom. The Kier molecular flexibility index (Phi) is 6.22. The smallest absolute Gasteiger partial charge is 0.289 e. The van der Waals surface area contributed by atoms with E-state index in [-0.39, 0.29) is 5.91 Å². The van der Waals surface area contributed by atoms with E-state index < -0.39 is 0 Å². The number of halogens is 1. The molecule has 0 radical (unpaired) electrons. The topological polar surface area (TPSA) is 79.4 Å². The van der Waals surface area contributed by atoms with E-state index in [4.69, 9.17) is 16.3 Å². The molecule has 1 heterocycles. The van der Waals surface area contributed by atoms with Crippen LogP contribution in [0.2, 0.25) is 5.02 Å². The van der Waals surface area contributed by atoms with Crippen LogP contribution in [0.1, 0.15) is 29.4 Å². The molecule has 27 heavy (non-hydrogen) atoms. The van der Waals surface area contributed by atoms with Crippen molar-refractivity contribution in [3.8, 4) is 17.0 Å². The van der Waals surface area contributed by atoms with Gasteiger partial charge in [0.05, 0.1) is 18.5 Å². The minimum Gasteiger partial charge on any atom is -0.494 e. The van der Waals surface area contributed by atoms with Crippen LogP contribution in [0.25, 0.3) is 11.3 Å². The van der Waals surface area contributed by atoms with E-state index in [0.717, 1.165) is 23.3 Å². The summed E-state index contributed by atoms with van der Waals surface area (Å²) in [6.07, 6.45) is 2.53. The molecule has 0 saturated carbocycles. The number of aromatic amines is 1. The number of amides is 1. The van der Waals surface area contributed by atoms with Gasteiger partial charge in [0.15, 0.2) is 0 Å². The molecular weight excluding hydrogens is 364 g/mol. The molecule has 6 nitrogen and oxygen atoms in total. The molecule has 1 aromatic heterocycles. The van der Waals surface area contributed by atoms with Crippen LogP contribution in [-0.4, -0.2) is 28.9 Å². The van der Waals surface area contributed by atoms with Crippen LogP contribution in [0.15, 0.2) is 59.7 Å². The molecule has 0 spiro atoms. The second-order valence-corrected chi connectivity index (χ2v) is 6.23. The highest BCUT2D eigenvalue weighted by molar-refractivity contribution is 6.30. The Labute approximate surface area is 162 Å². The number of carbonyl (C=O) groups excluding carboxylic acids is 1. The number of hydrogen-bond acceptors (Lipinski definition) is 4. The largest absolute Gasteiger partial charge is 0.494 e. The summed E-state index contributed by atoms with van der Waals surface area (Å²) in [7, 11) is 0. The van der Waals surface area contributed by atoms with Crippen molar-refractivity contribution in [3.63, 3.8) is 0 Å². The van der Waals surface area contributed by atoms with Crippen LogP contribution in [0.4, 0.5) is 0 Å². The van der Waals surface area contributed by atoms with Gasteiger partial charge >= 0.3 is 0 Å². The van der Waals surface area contributed by atoms with E-state index in [2.05, 4.69) is 27.6 Å². The van der Waals surface area contributed by atoms with E-state index in [1.54, 1.807) is 24.4 Å². The van der Waals surface area contributed by atoms with Crippen LogP contribution >= 0.6 is 11.6 Å². The summed E-state index contributed by atoms with van der Waals surface area (Å²) in [6.45, 7) is 2.74. The van der Waals surface area contributed by atoms with Gasteiger partial charge in [-0.15, -0.1) is 0 Å². The molecule has 0 fully saturated rings. The summed E-state index contributed by atoms with van der Waals surface area (Å²) in [6, 6.07) is 16.4. The first-order valence-electron chi connectivity index (χ1n) is 8.53. The Morgan fingerprint density at radius 2 is 1.96 bits per heavy atom. The Hall–Kier alpha value is -3.12. The number of carbonyl (C=O) groups is 1. The summed E-state index contributed by atoms with van der Waals surface area (Å²) in [4.78, 5) is 12.2. The second kappa shape index (κ2) is 9.00. The lowest BCUT2D eigenvalue weighted by molar-refractivity contribution is 0.0950. The maximum Gasteiger partial charge on any atom is 0.289 e. The monoisotopic (exact) mass is 382 g/mol. The van der Waals surface area contributed by atoms with Crippen molar-refractivity contribution in [2.24, 2.45) is 5.10 Å². The van der Waals surface area contributed by atoms with Crippen LogP contribution in [-0.2, 0) is 0 Å². The van der Waals surface area contributed by atoms with E-state index in [0.29, 0.717) is 23.0 Å². The van der Waals surface area contributed by atoms with Crippen molar-refractivity contribution in [1.82, 2.24) is 15.6 Å². The van der Waals surface area contributed by atoms with Crippen molar-refractivity contribution in [2.45, 2.75) is 13.3 Å². The number of nitrogens with one attached hydrogen (secondary N) is 2. The van der Waals surface area contributed by atoms with Crippen LogP contribution in [0.3, 0.4) is 0 Å². The molecule has 7 heteroatoms.